The lowest BCUT2D eigenvalue weighted by Gasteiger charge is -2.25. The van der Waals surface area contributed by atoms with Gasteiger partial charge >= 0.3 is 0 Å². The minimum absolute atomic E-state index is 0.0611. The van der Waals surface area contributed by atoms with Gasteiger partial charge in [0.2, 0.25) is 0 Å². The average Bonchev–Trinajstić information content (AvgIpc) is 3.36. The first-order chi connectivity index (χ1) is 17.5. The number of Topliss-reactive ketones (excluding diaryl/α,β-unsaturated/α-hetero) is 1. The number of amides is 1. The van der Waals surface area contributed by atoms with Gasteiger partial charge < -0.3 is 14.7 Å². The van der Waals surface area contributed by atoms with E-state index in [1.54, 1.807) is 22.4 Å². The number of aromatic nitrogens is 2. The van der Waals surface area contributed by atoms with Crippen molar-refractivity contribution in [2.75, 3.05) is 13.2 Å². The number of imidazole rings is 1. The predicted molar refractivity (Wildman–Crippen MR) is 137 cm³/mol. The summed E-state index contributed by atoms with van der Waals surface area (Å²) in [5.41, 5.74) is 3.46. The van der Waals surface area contributed by atoms with Crippen molar-refractivity contribution in [2.45, 2.75) is 26.3 Å². The molecule has 1 unspecified atom stereocenters. The molecule has 2 aromatic heterocycles. The summed E-state index contributed by atoms with van der Waals surface area (Å²) in [7, 11) is 0. The van der Waals surface area contributed by atoms with Crippen LogP contribution in [0.1, 0.15) is 35.5 Å². The fourth-order valence-corrected chi connectivity index (χ4v) is 4.79. The van der Waals surface area contributed by atoms with E-state index in [1.165, 1.54) is 0 Å². The van der Waals surface area contributed by atoms with E-state index < -0.39 is 17.7 Å². The van der Waals surface area contributed by atoms with Crippen molar-refractivity contribution in [3.8, 4) is 5.75 Å². The zero-order chi connectivity index (χ0) is 25.2. The van der Waals surface area contributed by atoms with Crippen molar-refractivity contribution < 1.29 is 19.4 Å². The van der Waals surface area contributed by atoms with Crippen LogP contribution < -0.4 is 4.74 Å². The van der Waals surface area contributed by atoms with Crippen LogP contribution in [-0.4, -0.2) is 44.2 Å². The first-order valence-electron chi connectivity index (χ1n) is 12.0. The van der Waals surface area contributed by atoms with E-state index in [-0.39, 0.29) is 11.3 Å². The maximum absolute atomic E-state index is 13.4. The second-order valence-electron chi connectivity index (χ2n) is 8.70. The number of ketones is 1. The van der Waals surface area contributed by atoms with Crippen LogP contribution in [0, 0.1) is 6.92 Å². The third-order valence-electron chi connectivity index (χ3n) is 6.46. The highest BCUT2D eigenvalue weighted by Crippen LogP contribution is 2.40. The minimum Gasteiger partial charge on any atom is -0.505 e. The number of aliphatic hydroxyl groups excluding tert-OH is 1. The molecular weight excluding hydrogens is 454 g/mol. The van der Waals surface area contributed by atoms with Crippen molar-refractivity contribution in [3.63, 3.8) is 0 Å². The summed E-state index contributed by atoms with van der Waals surface area (Å²) in [4.78, 5) is 32.8. The number of ether oxygens (including phenoxy) is 1. The smallest absolute Gasteiger partial charge is 0.295 e. The lowest BCUT2D eigenvalue weighted by molar-refractivity contribution is -0.139. The van der Waals surface area contributed by atoms with E-state index in [0.29, 0.717) is 42.4 Å². The van der Waals surface area contributed by atoms with Gasteiger partial charge in [0.05, 0.1) is 23.9 Å². The molecule has 0 bridgehead atoms. The quantitative estimate of drug-likeness (QED) is 0.235. The van der Waals surface area contributed by atoms with Crippen LogP contribution >= 0.6 is 0 Å². The maximum Gasteiger partial charge on any atom is 0.295 e. The summed E-state index contributed by atoms with van der Waals surface area (Å²) in [6.45, 7) is 4.54. The minimum atomic E-state index is -0.738. The second kappa shape index (κ2) is 9.70. The van der Waals surface area contributed by atoms with E-state index in [0.717, 1.165) is 11.1 Å². The van der Waals surface area contributed by atoms with Crippen LogP contribution in [0.2, 0.25) is 0 Å². The summed E-state index contributed by atoms with van der Waals surface area (Å²) in [6, 6.07) is 21.9. The van der Waals surface area contributed by atoms with E-state index in [9.17, 15) is 14.7 Å². The second-order valence-corrected chi connectivity index (χ2v) is 8.70. The molecule has 4 aromatic rings. The molecule has 1 aliphatic heterocycles. The first-order valence-corrected chi connectivity index (χ1v) is 12.0. The zero-order valence-electron chi connectivity index (χ0n) is 20.2. The molecule has 0 saturated carbocycles. The maximum atomic E-state index is 13.4. The number of pyridine rings is 1. The highest BCUT2D eigenvalue weighted by atomic mass is 16.5. The van der Waals surface area contributed by atoms with Gasteiger partial charge in [-0.2, -0.15) is 0 Å². The molecular formula is C29H27N3O4. The SMILES string of the molecule is CCOc1ccc(C2C(=C(O)c3c(C)nc4ccccn34)C(=O)C(=O)N2CCc2ccccc2)cc1. The van der Waals surface area contributed by atoms with Crippen molar-refractivity contribution >= 4 is 23.1 Å². The highest BCUT2D eigenvalue weighted by molar-refractivity contribution is 6.46. The van der Waals surface area contributed by atoms with Crippen molar-refractivity contribution in [1.29, 1.82) is 0 Å². The van der Waals surface area contributed by atoms with Crippen LogP contribution in [0.3, 0.4) is 0 Å². The van der Waals surface area contributed by atoms with Gasteiger partial charge in [-0.05, 0) is 55.7 Å². The number of likely N-dealkylation sites (tertiary alicyclic amines) is 1. The number of hydrogen-bond acceptors (Lipinski definition) is 5. The molecule has 5 rings (SSSR count). The van der Waals surface area contributed by atoms with Crippen LogP contribution in [0.5, 0.6) is 5.75 Å². The van der Waals surface area contributed by atoms with Gasteiger partial charge in [-0.25, -0.2) is 4.98 Å². The number of carbonyl (C=O) groups excluding carboxylic acids is 2. The molecule has 1 amide bonds. The number of rotatable bonds is 7. The molecule has 0 aliphatic carbocycles. The topological polar surface area (TPSA) is 84.1 Å². The highest BCUT2D eigenvalue weighted by Gasteiger charge is 2.46. The molecule has 7 heteroatoms. The number of nitrogens with zero attached hydrogens (tertiary/aromatic N) is 3. The molecule has 1 atom stereocenters. The zero-order valence-corrected chi connectivity index (χ0v) is 20.2. The van der Waals surface area contributed by atoms with Gasteiger partial charge in [0.15, 0.2) is 5.76 Å². The summed E-state index contributed by atoms with van der Waals surface area (Å²) in [5.74, 6) is -0.867. The fourth-order valence-electron chi connectivity index (χ4n) is 4.79. The molecule has 3 heterocycles. The van der Waals surface area contributed by atoms with E-state index in [2.05, 4.69) is 4.98 Å². The monoisotopic (exact) mass is 481 g/mol. The Kier molecular flexibility index (Phi) is 6.29. The molecule has 7 nitrogen and oxygen atoms in total. The molecule has 0 radical (unpaired) electrons. The number of aliphatic hydroxyl groups is 1. The molecule has 2 aromatic carbocycles. The lowest BCUT2D eigenvalue weighted by Crippen LogP contribution is -2.31. The van der Waals surface area contributed by atoms with Gasteiger partial charge in [0, 0.05) is 12.7 Å². The van der Waals surface area contributed by atoms with E-state index in [4.69, 9.17) is 4.74 Å². The van der Waals surface area contributed by atoms with Crippen LogP contribution in [-0.2, 0) is 16.0 Å². The number of benzene rings is 2. The number of carbonyl (C=O) groups is 2. The number of aryl methyl sites for hydroxylation is 1. The van der Waals surface area contributed by atoms with E-state index >= 15 is 0 Å². The molecule has 1 fully saturated rings. The third kappa shape index (κ3) is 4.13. The Labute approximate surface area is 209 Å². The molecule has 0 spiro atoms. The summed E-state index contributed by atoms with van der Waals surface area (Å²) >= 11 is 0. The summed E-state index contributed by atoms with van der Waals surface area (Å²) in [5, 5.41) is 11.5. The molecule has 1 aliphatic rings. The Morgan fingerprint density at radius 1 is 1.00 bits per heavy atom. The fraction of sp³-hybridized carbons (Fsp3) is 0.207. The Morgan fingerprint density at radius 3 is 2.44 bits per heavy atom. The van der Waals surface area contributed by atoms with Gasteiger partial charge in [-0.3, -0.25) is 14.0 Å². The number of fused-ring (bicyclic) bond motifs is 1. The van der Waals surface area contributed by atoms with Gasteiger partial charge in [0.1, 0.15) is 17.1 Å². The third-order valence-corrected chi connectivity index (χ3v) is 6.46. The van der Waals surface area contributed by atoms with Gasteiger partial charge in [0.25, 0.3) is 11.7 Å². The van der Waals surface area contributed by atoms with Crippen LogP contribution in [0.15, 0.2) is 84.6 Å². The molecule has 182 valence electrons. The summed E-state index contributed by atoms with van der Waals surface area (Å²) in [6.07, 6.45) is 2.36. The Bertz CT molecular complexity index is 1460. The van der Waals surface area contributed by atoms with Crippen molar-refractivity contribution in [2.24, 2.45) is 0 Å². The standard InChI is InChI=1S/C29H27N3O4/c1-3-36-22-14-12-21(13-15-22)26-24(27(33)25-19(2)30-23-11-7-8-17-31(23)25)28(34)29(35)32(26)18-16-20-9-5-4-6-10-20/h4-15,17,26,33H,3,16,18H2,1-2H3. The Balaban J connectivity index is 1.63. The van der Waals surface area contributed by atoms with Crippen LogP contribution in [0.4, 0.5) is 0 Å². The first kappa shape index (κ1) is 23.4. The summed E-state index contributed by atoms with van der Waals surface area (Å²) < 4.78 is 7.31. The normalized spacial score (nSPS) is 17.2. The Hall–Kier alpha value is -4.39. The largest absolute Gasteiger partial charge is 0.505 e. The lowest BCUT2D eigenvalue weighted by atomic mass is 9.96. The molecule has 1 N–H and O–H groups in total. The Morgan fingerprint density at radius 2 is 1.72 bits per heavy atom. The molecule has 36 heavy (non-hydrogen) atoms. The number of hydrogen-bond donors (Lipinski definition) is 1. The predicted octanol–water partition coefficient (Wildman–Crippen LogP) is 4.71. The average molecular weight is 482 g/mol. The van der Waals surface area contributed by atoms with Crippen molar-refractivity contribution in [3.05, 3.63) is 107 Å². The van der Waals surface area contributed by atoms with E-state index in [1.807, 2.05) is 79.7 Å². The van der Waals surface area contributed by atoms with Gasteiger partial charge in [-0.1, -0.05) is 48.5 Å². The van der Waals surface area contributed by atoms with Gasteiger partial charge in [-0.15, -0.1) is 0 Å². The van der Waals surface area contributed by atoms with Crippen molar-refractivity contribution in [1.82, 2.24) is 14.3 Å². The van der Waals surface area contributed by atoms with Crippen LogP contribution in [0.25, 0.3) is 11.4 Å². The molecule has 1 saturated heterocycles.